The minimum Gasteiger partial charge on any atom is -0.756 e. The molecule has 16 unspecified atom stereocenters. The Balaban J connectivity index is 0.862. The van der Waals surface area contributed by atoms with Crippen LogP contribution in [-0.4, -0.2) is 163 Å². The summed E-state index contributed by atoms with van der Waals surface area (Å²) in [6, 6.07) is 0. The number of ether oxygens (including phenoxy) is 4. The quantitative estimate of drug-likeness (QED) is 0.0269. The maximum Gasteiger partial charge on any atom is 0.328 e. The number of phosphoric acid groups is 3. The molecule has 12 N–H and O–H groups in total. The number of methoxy groups -OCH3 is 1. The summed E-state index contributed by atoms with van der Waals surface area (Å²) in [5, 5.41) is 43.2. The molecule has 0 radical (unpaired) electrons. The number of fused-ring (bicyclic) bond motifs is 3. The number of rotatable bonds is 19. The zero-order valence-corrected chi connectivity index (χ0v) is 42.0. The molecule has 0 aromatic carbocycles. The van der Waals surface area contributed by atoms with Crippen LogP contribution < -0.4 is 47.6 Å². The van der Waals surface area contributed by atoms with E-state index >= 15 is 0 Å². The number of nitrogen functional groups attached to an aromatic ring is 3. The van der Waals surface area contributed by atoms with Crippen LogP contribution >= 0.6 is 31.1 Å². The molecule has 0 amide bonds. The van der Waals surface area contributed by atoms with Crippen LogP contribution in [0.5, 0.6) is 0 Å². The number of hydrogen-bond acceptors (Lipinski definition) is 32. The summed E-state index contributed by atoms with van der Waals surface area (Å²) in [4.78, 5) is 92.0. The topological polar surface area (TPSA) is 550 Å². The summed E-state index contributed by atoms with van der Waals surface area (Å²) >= 11 is 0. The van der Waals surface area contributed by atoms with Crippen LogP contribution in [0.3, 0.4) is 0 Å². The zero-order chi connectivity index (χ0) is 54.3. The Morgan fingerprint density at radius 1 is 0.707 bits per heavy atom. The van der Waals surface area contributed by atoms with Gasteiger partial charge in [0.2, 0.25) is 17.7 Å². The van der Waals surface area contributed by atoms with Gasteiger partial charge in [0.25, 0.3) is 40.5 Å². The molecule has 38 nitrogen and oxygen atoms in total. The maximum absolute atomic E-state index is 14.1. The van der Waals surface area contributed by atoms with Crippen LogP contribution in [0.2, 0.25) is 0 Å². The number of aliphatic hydroxyl groups excluding tert-OH is 4. The SMILES string of the molecule is COC1C(OP(C)(=O)OCC2OC(n3cnc4c(=O)[nH]c(N)nc43)C(O)C2O)C(COP(=O)([O-])OP(=O)([O-])OP(=O)([O-])OCC2OC([n+]3cn(C)c4c(=O)[nH]c(N)nc43)C(O)C2O)OC1n1cnc2c(N)ncnc21. The van der Waals surface area contributed by atoms with E-state index in [9.17, 15) is 63.0 Å². The molecule has 6 aromatic heterocycles. The van der Waals surface area contributed by atoms with Crippen LogP contribution in [0.25, 0.3) is 33.5 Å². The molecular formula is C33H43N15O23P4-2. The first-order chi connectivity index (χ1) is 35.2. The van der Waals surface area contributed by atoms with Crippen molar-refractivity contribution in [2.24, 2.45) is 7.05 Å². The number of phosphoric ester groups is 2. The van der Waals surface area contributed by atoms with Crippen molar-refractivity contribution < 1.29 is 104 Å². The second kappa shape index (κ2) is 20.4. The Kier molecular flexibility index (Phi) is 14.8. The van der Waals surface area contributed by atoms with Crippen LogP contribution in [-0.2, 0) is 71.0 Å². The number of aromatic amines is 2. The molecule has 16 atom stereocenters. The number of imidazole rings is 3. The van der Waals surface area contributed by atoms with E-state index in [1.165, 1.54) is 28.8 Å². The normalized spacial score (nSPS) is 30.5. The summed E-state index contributed by atoms with van der Waals surface area (Å²) in [6.07, 6.45) is -15.0. The predicted molar refractivity (Wildman–Crippen MR) is 236 cm³/mol. The Bertz CT molecular complexity index is 3470. The van der Waals surface area contributed by atoms with E-state index in [1.807, 2.05) is 0 Å². The van der Waals surface area contributed by atoms with Gasteiger partial charge in [0, 0.05) is 13.8 Å². The summed E-state index contributed by atoms with van der Waals surface area (Å²) in [7, 11) is -20.8. The van der Waals surface area contributed by atoms with Gasteiger partial charge in [-0.3, -0.25) is 56.0 Å². The molecular weight excluding hydrogens is 1100 g/mol. The average molecular weight is 1140 g/mol. The smallest absolute Gasteiger partial charge is 0.328 e. The lowest BCUT2D eigenvalue weighted by Gasteiger charge is -2.35. The molecule has 0 aliphatic carbocycles. The Morgan fingerprint density at radius 3 is 1.96 bits per heavy atom. The first-order valence-corrected chi connectivity index (χ1v) is 27.7. The molecule has 9 heterocycles. The maximum atomic E-state index is 14.1. The first kappa shape index (κ1) is 54.7. The van der Waals surface area contributed by atoms with E-state index in [-0.39, 0.29) is 51.2 Å². The second-order valence-corrected chi connectivity index (χ2v) is 23.2. The number of anilines is 3. The van der Waals surface area contributed by atoms with Gasteiger partial charge in [-0.15, -0.1) is 0 Å². The lowest BCUT2D eigenvalue weighted by Crippen LogP contribution is -2.46. The van der Waals surface area contributed by atoms with E-state index < -0.39 is 136 Å². The Hall–Kier alpha value is -5.11. The van der Waals surface area contributed by atoms with E-state index in [4.69, 9.17) is 49.7 Å². The third-order valence-electron chi connectivity index (χ3n) is 11.7. The number of nitrogens with one attached hydrogen (secondary N) is 2. The zero-order valence-electron chi connectivity index (χ0n) is 38.4. The van der Waals surface area contributed by atoms with Gasteiger partial charge in [0.05, 0.1) is 39.5 Å². The lowest BCUT2D eigenvalue weighted by atomic mass is 10.1. The number of aliphatic hydroxyl groups is 4. The van der Waals surface area contributed by atoms with Gasteiger partial charge in [-0.2, -0.15) is 4.98 Å². The van der Waals surface area contributed by atoms with E-state index in [2.05, 4.69) is 53.0 Å². The minimum absolute atomic E-state index is 0.0362. The second-order valence-electron chi connectivity index (χ2n) is 16.7. The molecule has 3 aliphatic rings. The molecule has 3 fully saturated rings. The molecule has 410 valence electrons. The molecule has 6 aromatic rings. The van der Waals surface area contributed by atoms with Crippen molar-refractivity contribution in [1.29, 1.82) is 0 Å². The number of aryl methyl sites for hydroxylation is 1. The van der Waals surface area contributed by atoms with Gasteiger partial charge in [-0.05, 0) is 0 Å². The molecule has 3 saturated heterocycles. The van der Waals surface area contributed by atoms with Crippen molar-refractivity contribution in [2.45, 2.75) is 73.6 Å². The van der Waals surface area contributed by atoms with Crippen molar-refractivity contribution in [3.05, 3.63) is 46.0 Å². The molecule has 0 bridgehead atoms. The number of H-pyrrole nitrogens is 2. The van der Waals surface area contributed by atoms with Gasteiger partial charge in [0.1, 0.15) is 66.8 Å². The predicted octanol–water partition coefficient (Wildman–Crippen LogP) is -5.88. The van der Waals surface area contributed by atoms with Gasteiger partial charge >= 0.3 is 13.2 Å². The van der Waals surface area contributed by atoms with E-state index in [1.54, 1.807) is 0 Å². The summed E-state index contributed by atoms with van der Waals surface area (Å²) in [6.45, 7) is -2.31. The monoisotopic (exact) mass is 1140 g/mol. The third-order valence-corrected chi connectivity index (χ3v) is 17.0. The van der Waals surface area contributed by atoms with Crippen molar-refractivity contribution in [3.63, 3.8) is 0 Å². The highest BCUT2D eigenvalue weighted by atomic mass is 31.3. The van der Waals surface area contributed by atoms with Crippen LogP contribution in [0.4, 0.5) is 17.7 Å². The van der Waals surface area contributed by atoms with Crippen LogP contribution in [0, 0.1) is 0 Å². The largest absolute Gasteiger partial charge is 0.756 e. The van der Waals surface area contributed by atoms with Crippen LogP contribution in [0.1, 0.15) is 18.7 Å². The lowest BCUT2D eigenvalue weighted by molar-refractivity contribution is -0.745. The molecule has 0 spiro atoms. The average Bonchev–Trinajstić information content (AvgIpc) is 4.17. The van der Waals surface area contributed by atoms with Gasteiger partial charge < -0.3 is 84.8 Å². The van der Waals surface area contributed by atoms with E-state index in [0.29, 0.717) is 0 Å². The number of nitrogens with zero attached hydrogens (tertiary/aromatic N) is 10. The third kappa shape index (κ3) is 10.9. The summed E-state index contributed by atoms with van der Waals surface area (Å²) in [5.41, 5.74) is 15.6. The highest BCUT2D eigenvalue weighted by Gasteiger charge is 2.52. The first-order valence-electron chi connectivity index (χ1n) is 21.3. The van der Waals surface area contributed by atoms with Crippen molar-refractivity contribution >= 4 is 82.3 Å². The van der Waals surface area contributed by atoms with Gasteiger partial charge in [0.15, 0.2) is 41.4 Å². The highest BCUT2D eigenvalue weighted by Crippen LogP contribution is 2.63. The van der Waals surface area contributed by atoms with Crippen molar-refractivity contribution in [2.75, 3.05) is 50.8 Å². The summed E-state index contributed by atoms with van der Waals surface area (Å²) in [5.74, 6) is -0.680. The van der Waals surface area contributed by atoms with Crippen molar-refractivity contribution in [1.82, 2.24) is 53.6 Å². The fourth-order valence-electron chi connectivity index (χ4n) is 8.38. The number of hydrogen-bond donors (Lipinski definition) is 9. The fraction of sp³-hybridized carbons (Fsp3) is 0.545. The van der Waals surface area contributed by atoms with Gasteiger partial charge in [-0.1, -0.05) is 4.98 Å². The van der Waals surface area contributed by atoms with Crippen molar-refractivity contribution in [3.8, 4) is 0 Å². The molecule has 3 aliphatic heterocycles. The molecule has 75 heavy (non-hydrogen) atoms. The highest BCUT2D eigenvalue weighted by molar-refractivity contribution is 7.65. The minimum atomic E-state index is -6.54. The van der Waals surface area contributed by atoms with Gasteiger partial charge in [-0.25, -0.2) is 33.1 Å². The number of aromatic nitrogens is 12. The molecule has 9 rings (SSSR count). The summed E-state index contributed by atoms with van der Waals surface area (Å²) < 4.78 is 109. The standard InChI is InChI=1S/C33H45N15O23P4/c1-45-10-48(26-16(45)28(54)44-33(36)42-26)30-20(52)18(50)12(67-30)5-64-73(56,57)70-75(60,61)71-74(58,59)65-6-13-21(22(62-2)31(68-13)46-8-39-14-23(34)37-7-38-24(14)46)69-72(3,55)63-4-11-17(49)19(51)29(66-11)47-9-40-15-25(47)41-32(35)43-27(15)53/h7-13,17-22,29-31,49-52H,4-6H2,1-3H3,(H10-,34,35,36,37,38,41,42,43,44,53,54,56,57,58,59,60,61)/p-2. The Labute approximate surface area is 416 Å². The number of nitrogens with two attached hydrogens (primary N) is 3. The molecule has 42 heteroatoms. The molecule has 0 saturated carbocycles. The van der Waals surface area contributed by atoms with E-state index in [0.717, 1.165) is 35.6 Å². The Morgan fingerprint density at radius 2 is 1.28 bits per heavy atom. The fourth-order valence-corrected chi connectivity index (χ4v) is 12.9. The van der Waals surface area contributed by atoms with Crippen LogP contribution in [0.15, 0.2) is 34.9 Å².